The van der Waals surface area contributed by atoms with Crippen LogP contribution in [0.15, 0.2) is 12.2 Å². The van der Waals surface area contributed by atoms with Crippen molar-refractivity contribution in [2.75, 3.05) is 0 Å². The summed E-state index contributed by atoms with van der Waals surface area (Å²) in [4.78, 5) is 22.1. The Labute approximate surface area is 75.2 Å². The number of hydrogen-bond acceptors (Lipinski definition) is 3. The van der Waals surface area contributed by atoms with Crippen molar-refractivity contribution in [2.45, 2.75) is 13.0 Å². The van der Waals surface area contributed by atoms with Crippen LogP contribution in [0.2, 0.25) is 0 Å². The van der Waals surface area contributed by atoms with E-state index >= 15 is 0 Å². The van der Waals surface area contributed by atoms with Crippen LogP contribution in [0.1, 0.15) is 6.92 Å². The van der Waals surface area contributed by atoms with Gasteiger partial charge in [-0.1, -0.05) is 13.0 Å². The highest BCUT2D eigenvalue weighted by Crippen LogP contribution is 2.39. The highest BCUT2D eigenvalue weighted by atomic mass is 16.6. The first-order chi connectivity index (χ1) is 6.11. The molecule has 1 saturated heterocycles. The third-order valence-corrected chi connectivity index (χ3v) is 2.72. The number of esters is 1. The molecular formula is C9H10O4. The maximum Gasteiger partial charge on any atom is 0.311 e. The fourth-order valence-corrected chi connectivity index (χ4v) is 2.04. The van der Waals surface area contributed by atoms with E-state index in [1.165, 1.54) is 0 Å². The van der Waals surface area contributed by atoms with Gasteiger partial charge < -0.3 is 9.84 Å². The molecule has 0 amide bonds. The van der Waals surface area contributed by atoms with Crippen molar-refractivity contribution >= 4 is 11.9 Å². The second-order valence-corrected chi connectivity index (χ2v) is 3.54. The van der Waals surface area contributed by atoms with Crippen molar-refractivity contribution in [1.29, 1.82) is 0 Å². The molecule has 0 radical (unpaired) electrons. The van der Waals surface area contributed by atoms with Crippen LogP contribution < -0.4 is 0 Å². The fourth-order valence-electron chi connectivity index (χ4n) is 2.04. The van der Waals surface area contributed by atoms with E-state index in [0.29, 0.717) is 0 Å². The normalized spacial score (nSPS) is 41.8. The third kappa shape index (κ3) is 1.05. The molecule has 0 saturated carbocycles. The number of carboxylic acid groups (broad SMARTS) is 1. The second kappa shape index (κ2) is 2.58. The number of hydrogen-bond donors (Lipinski definition) is 1. The maximum atomic E-state index is 11.3. The van der Waals surface area contributed by atoms with E-state index in [2.05, 4.69) is 0 Å². The van der Waals surface area contributed by atoms with E-state index < -0.39 is 23.9 Å². The number of ether oxygens (including phenoxy) is 1. The van der Waals surface area contributed by atoms with Crippen molar-refractivity contribution in [1.82, 2.24) is 0 Å². The summed E-state index contributed by atoms with van der Waals surface area (Å²) in [5, 5.41) is 8.89. The summed E-state index contributed by atoms with van der Waals surface area (Å²) >= 11 is 0. The molecule has 1 aliphatic carbocycles. The second-order valence-electron chi connectivity index (χ2n) is 3.54. The number of carbonyl (C=O) groups excluding carboxylic acids is 1. The molecule has 4 nitrogen and oxygen atoms in total. The molecule has 2 aliphatic rings. The minimum atomic E-state index is -0.947. The van der Waals surface area contributed by atoms with Gasteiger partial charge >= 0.3 is 11.9 Å². The molecule has 1 N–H and O–H groups in total. The SMILES string of the molecule is C[C@H]1C=C[C@H]2OC(=O)[C@@H]1[C@@H]2C(=O)O. The monoisotopic (exact) mass is 182 g/mol. The first kappa shape index (κ1) is 8.29. The van der Waals surface area contributed by atoms with Crippen LogP contribution in [-0.2, 0) is 14.3 Å². The Hall–Kier alpha value is -1.32. The van der Waals surface area contributed by atoms with Crippen LogP contribution in [0.3, 0.4) is 0 Å². The lowest BCUT2D eigenvalue weighted by Gasteiger charge is -2.21. The third-order valence-electron chi connectivity index (χ3n) is 2.72. The summed E-state index contributed by atoms with van der Waals surface area (Å²) in [5.41, 5.74) is 0. The smallest absolute Gasteiger partial charge is 0.311 e. The molecule has 0 aromatic rings. The number of aliphatic carboxylic acids is 1. The molecule has 70 valence electrons. The van der Waals surface area contributed by atoms with Crippen molar-refractivity contribution in [2.24, 2.45) is 17.8 Å². The van der Waals surface area contributed by atoms with E-state index in [1.807, 2.05) is 13.0 Å². The van der Waals surface area contributed by atoms with Crippen molar-refractivity contribution < 1.29 is 19.4 Å². The lowest BCUT2D eigenvalue weighted by Crippen LogP contribution is -2.34. The zero-order valence-corrected chi connectivity index (χ0v) is 7.14. The molecule has 0 aromatic heterocycles. The van der Waals surface area contributed by atoms with Crippen LogP contribution in [0, 0.1) is 17.8 Å². The summed E-state index contributed by atoms with van der Waals surface area (Å²) < 4.78 is 4.92. The minimum absolute atomic E-state index is 0.0349. The van der Waals surface area contributed by atoms with Gasteiger partial charge in [0.25, 0.3) is 0 Å². The average Bonchev–Trinajstić information content (AvgIpc) is 2.31. The van der Waals surface area contributed by atoms with E-state index in [-0.39, 0.29) is 11.9 Å². The maximum absolute atomic E-state index is 11.3. The predicted octanol–water partition coefficient (Wildman–Crippen LogP) is 0.435. The Kier molecular flexibility index (Phi) is 1.65. The highest BCUT2D eigenvalue weighted by Gasteiger charge is 2.51. The average molecular weight is 182 g/mol. The van der Waals surface area contributed by atoms with E-state index in [1.54, 1.807) is 6.08 Å². The van der Waals surface area contributed by atoms with Crippen molar-refractivity contribution in [3.8, 4) is 0 Å². The Morgan fingerprint density at radius 2 is 2.23 bits per heavy atom. The molecule has 2 rings (SSSR count). The Bertz CT molecular complexity index is 294. The lowest BCUT2D eigenvalue weighted by atomic mass is 9.77. The topological polar surface area (TPSA) is 63.6 Å². The summed E-state index contributed by atoms with van der Waals surface area (Å²) in [6.45, 7) is 1.83. The predicted molar refractivity (Wildman–Crippen MR) is 42.8 cm³/mol. The van der Waals surface area contributed by atoms with Crippen LogP contribution in [-0.4, -0.2) is 23.1 Å². The largest absolute Gasteiger partial charge is 0.481 e. The molecule has 2 bridgehead atoms. The number of fused-ring (bicyclic) bond motifs is 2. The van der Waals surface area contributed by atoms with Gasteiger partial charge in [-0.05, 0) is 12.0 Å². The first-order valence-electron chi connectivity index (χ1n) is 4.23. The van der Waals surface area contributed by atoms with Gasteiger partial charge in [0, 0.05) is 0 Å². The van der Waals surface area contributed by atoms with Gasteiger partial charge in [0.1, 0.15) is 12.0 Å². The fraction of sp³-hybridized carbons (Fsp3) is 0.556. The standard InChI is InChI=1S/C9H10O4/c1-4-2-3-5-7(8(10)11)6(4)9(12)13-5/h2-7H,1H3,(H,10,11)/t4-,5+,6-,7+/m0/s1. The molecule has 0 spiro atoms. The molecule has 0 unspecified atom stereocenters. The van der Waals surface area contributed by atoms with Gasteiger partial charge in [0.05, 0.1) is 5.92 Å². The minimum Gasteiger partial charge on any atom is -0.481 e. The molecule has 1 heterocycles. The molecular weight excluding hydrogens is 172 g/mol. The van der Waals surface area contributed by atoms with Crippen LogP contribution in [0.25, 0.3) is 0 Å². The van der Waals surface area contributed by atoms with E-state index in [0.717, 1.165) is 0 Å². The molecule has 1 aliphatic heterocycles. The lowest BCUT2D eigenvalue weighted by molar-refractivity contribution is -0.145. The molecule has 13 heavy (non-hydrogen) atoms. The summed E-state index contributed by atoms with van der Waals surface area (Å²) in [5.74, 6) is -2.54. The highest BCUT2D eigenvalue weighted by molar-refractivity contribution is 5.86. The zero-order valence-electron chi connectivity index (χ0n) is 7.14. The summed E-state index contributed by atoms with van der Waals surface area (Å²) in [6, 6.07) is 0. The quantitative estimate of drug-likeness (QED) is 0.472. The number of allylic oxidation sites excluding steroid dienone is 1. The molecule has 0 aromatic carbocycles. The van der Waals surface area contributed by atoms with Crippen LogP contribution in [0.5, 0.6) is 0 Å². The van der Waals surface area contributed by atoms with Gasteiger partial charge in [-0.15, -0.1) is 0 Å². The first-order valence-corrected chi connectivity index (χ1v) is 4.23. The number of carbonyl (C=O) groups is 2. The molecule has 4 atom stereocenters. The number of carboxylic acids is 1. The van der Waals surface area contributed by atoms with Gasteiger partial charge in [-0.3, -0.25) is 9.59 Å². The van der Waals surface area contributed by atoms with E-state index in [9.17, 15) is 9.59 Å². The molecule has 4 heteroatoms. The van der Waals surface area contributed by atoms with Gasteiger partial charge in [0.15, 0.2) is 0 Å². The van der Waals surface area contributed by atoms with Crippen molar-refractivity contribution in [3.63, 3.8) is 0 Å². The summed E-state index contributed by atoms with van der Waals surface area (Å²) in [6.07, 6.45) is 2.97. The number of rotatable bonds is 1. The van der Waals surface area contributed by atoms with Crippen LogP contribution in [0.4, 0.5) is 0 Å². The Morgan fingerprint density at radius 1 is 1.54 bits per heavy atom. The Morgan fingerprint density at radius 3 is 2.77 bits per heavy atom. The summed E-state index contributed by atoms with van der Waals surface area (Å²) in [7, 11) is 0. The zero-order chi connectivity index (χ0) is 9.59. The Balaban J connectivity index is 2.37. The van der Waals surface area contributed by atoms with E-state index in [4.69, 9.17) is 9.84 Å². The van der Waals surface area contributed by atoms with Gasteiger partial charge in [0.2, 0.25) is 0 Å². The van der Waals surface area contributed by atoms with Gasteiger partial charge in [-0.25, -0.2) is 0 Å². The van der Waals surface area contributed by atoms with Crippen molar-refractivity contribution in [3.05, 3.63) is 12.2 Å². The van der Waals surface area contributed by atoms with Crippen LogP contribution >= 0.6 is 0 Å². The molecule has 1 fully saturated rings. The van der Waals surface area contributed by atoms with Gasteiger partial charge in [-0.2, -0.15) is 0 Å².